The third kappa shape index (κ3) is 2.70. The van der Waals surface area contributed by atoms with Crippen LogP contribution in [0.5, 0.6) is 0 Å². The molecule has 1 spiro atoms. The lowest BCUT2D eigenvalue weighted by Crippen LogP contribution is -2.70. The second-order valence-electron chi connectivity index (χ2n) is 6.98. The Hall–Kier alpha value is -1.59. The summed E-state index contributed by atoms with van der Waals surface area (Å²) < 4.78 is 0. The number of benzene rings is 1. The molecule has 5 nitrogen and oxygen atoms in total. The highest BCUT2D eigenvalue weighted by atomic mass is 35.5. The van der Waals surface area contributed by atoms with E-state index in [1.165, 1.54) is 0 Å². The smallest absolute Gasteiger partial charge is 0.250 e. The van der Waals surface area contributed by atoms with E-state index in [2.05, 4.69) is 5.32 Å². The predicted molar refractivity (Wildman–Crippen MR) is 93.8 cm³/mol. The molecule has 1 aromatic rings. The Morgan fingerprint density at radius 2 is 1.83 bits per heavy atom. The molecule has 2 aliphatic heterocycles. The summed E-state index contributed by atoms with van der Waals surface area (Å²) in [5, 5.41) is 3.94. The second-order valence-corrected chi connectivity index (χ2v) is 7.41. The van der Waals surface area contributed by atoms with E-state index in [0.29, 0.717) is 18.0 Å². The van der Waals surface area contributed by atoms with E-state index in [1.54, 1.807) is 9.80 Å². The Morgan fingerprint density at radius 3 is 2.38 bits per heavy atom. The highest BCUT2D eigenvalue weighted by Crippen LogP contribution is 2.37. The van der Waals surface area contributed by atoms with Crippen molar-refractivity contribution in [2.75, 3.05) is 19.6 Å². The standard InChI is InChI=1S/C18H24ClN3O2/c1-12(2)21-10-16(23)22(18(17(21)24)8-9-20-11-18)13(3)14-4-6-15(19)7-5-14/h4-7,12-13,20H,8-11H2,1-3H3. The van der Waals surface area contributed by atoms with Gasteiger partial charge in [-0.05, 0) is 51.4 Å². The van der Waals surface area contributed by atoms with Gasteiger partial charge in [0, 0.05) is 17.6 Å². The quantitative estimate of drug-likeness (QED) is 0.910. The summed E-state index contributed by atoms with van der Waals surface area (Å²) in [4.78, 5) is 29.7. The SMILES string of the molecule is CC(C)N1CC(=O)N(C(C)c2ccc(Cl)cc2)C2(CCNC2)C1=O. The molecule has 3 rings (SSSR count). The molecule has 2 saturated heterocycles. The highest BCUT2D eigenvalue weighted by molar-refractivity contribution is 6.30. The molecule has 2 aliphatic rings. The maximum atomic E-state index is 13.2. The molecule has 2 heterocycles. The lowest BCUT2D eigenvalue weighted by atomic mass is 9.87. The highest BCUT2D eigenvalue weighted by Gasteiger charge is 2.55. The molecule has 6 heteroatoms. The van der Waals surface area contributed by atoms with Crippen LogP contribution in [0.4, 0.5) is 0 Å². The van der Waals surface area contributed by atoms with E-state index >= 15 is 0 Å². The first kappa shape index (κ1) is 17.2. The minimum atomic E-state index is -0.779. The van der Waals surface area contributed by atoms with Crippen LogP contribution in [0, 0.1) is 0 Å². The molecule has 24 heavy (non-hydrogen) atoms. The Bertz CT molecular complexity index is 638. The number of halogens is 1. The topological polar surface area (TPSA) is 52.7 Å². The molecule has 1 N–H and O–H groups in total. The van der Waals surface area contributed by atoms with E-state index in [-0.39, 0.29) is 30.4 Å². The summed E-state index contributed by atoms with van der Waals surface area (Å²) in [7, 11) is 0. The second kappa shape index (κ2) is 6.37. The number of nitrogens with one attached hydrogen (secondary N) is 1. The van der Waals surface area contributed by atoms with Gasteiger partial charge in [0.05, 0.1) is 6.04 Å². The van der Waals surface area contributed by atoms with Crippen molar-refractivity contribution in [3.8, 4) is 0 Å². The number of nitrogens with zero attached hydrogens (tertiary/aromatic N) is 2. The molecular weight excluding hydrogens is 326 g/mol. The van der Waals surface area contributed by atoms with Crippen LogP contribution in [0.2, 0.25) is 5.02 Å². The molecule has 0 radical (unpaired) electrons. The molecule has 130 valence electrons. The van der Waals surface area contributed by atoms with Crippen LogP contribution in [-0.4, -0.2) is 52.8 Å². The molecule has 0 bridgehead atoms. The van der Waals surface area contributed by atoms with Crippen LogP contribution in [0.25, 0.3) is 0 Å². The maximum absolute atomic E-state index is 13.2. The zero-order valence-corrected chi connectivity index (χ0v) is 15.1. The van der Waals surface area contributed by atoms with Crippen molar-refractivity contribution < 1.29 is 9.59 Å². The molecule has 1 aromatic carbocycles. The van der Waals surface area contributed by atoms with Crippen molar-refractivity contribution in [2.24, 2.45) is 0 Å². The zero-order valence-electron chi connectivity index (χ0n) is 14.4. The Balaban J connectivity index is 2.00. The van der Waals surface area contributed by atoms with Crippen LogP contribution in [-0.2, 0) is 9.59 Å². The Morgan fingerprint density at radius 1 is 1.17 bits per heavy atom. The summed E-state index contributed by atoms with van der Waals surface area (Å²) in [5.74, 6) is 0.0670. The molecule has 2 atom stereocenters. The number of hydrogen-bond acceptors (Lipinski definition) is 3. The van der Waals surface area contributed by atoms with E-state index in [9.17, 15) is 9.59 Å². The lowest BCUT2D eigenvalue weighted by molar-refractivity contribution is -0.168. The van der Waals surface area contributed by atoms with Gasteiger partial charge in [0.1, 0.15) is 12.1 Å². The van der Waals surface area contributed by atoms with E-state index < -0.39 is 5.54 Å². The number of carbonyl (C=O) groups is 2. The van der Waals surface area contributed by atoms with E-state index in [0.717, 1.165) is 12.1 Å². The van der Waals surface area contributed by atoms with E-state index in [4.69, 9.17) is 11.6 Å². The molecule has 2 amide bonds. The van der Waals surface area contributed by atoms with Crippen LogP contribution < -0.4 is 5.32 Å². The van der Waals surface area contributed by atoms with Gasteiger partial charge in [0.2, 0.25) is 5.91 Å². The summed E-state index contributed by atoms with van der Waals surface area (Å²) in [5.41, 5.74) is 0.211. The molecule has 0 aromatic heterocycles. The van der Waals surface area contributed by atoms with Crippen LogP contribution in [0.3, 0.4) is 0 Å². The monoisotopic (exact) mass is 349 g/mol. The number of piperazine rings is 1. The van der Waals surface area contributed by atoms with Crippen molar-refractivity contribution in [2.45, 2.75) is 44.8 Å². The first-order valence-electron chi connectivity index (χ1n) is 8.46. The first-order chi connectivity index (χ1) is 11.4. The number of carbonyl (C=O) groups excluding carboxylic acids is 2. The third-order valence-electron chi connectivity index (χ3n) is 5.19. The van der Waals surface area contributed by atoms with Crippen LogP contribution >= 0.6 is 11.6 Å². The average molecular weight is 350 g/mol. The predicted octanol–water partition coefficient (Wildman–Crippen LogP) is 2.21. The summed E-state index contributed by atoms with van der Waals surface area (Å²) >= 11 is 5.98. The van der Waals surface area contributed by atoms with Gasteiger partial charge < -0.3 is 15.1 Å². The fourth-order valence-corrected chi connectivity index (χ4v) is 3.99. The third-order valence-corrected chi connectivity index (χ3v) is 5.44. The average Bonchev–Trinajstić information content (AvgIpc) is 3.01. The Kier molecular flexibility index (Phi) is 4.58. The molecule has 0 saturated carbocycles. The van der Waals surface area contributed by atoms with Crippen LogP contribution in [0.1, 0.15) is 38.8 Å². The normalized spacial score (nSPS) is 25.9. The number of rotatable bonds is 3. The van der Waals surface area contributed by atoms with Gasteiger partial charge in [-0.3, -0.25) is 9.59 Å². The van der Waals surface area contributed by atoms with Gasteiger partial charge in [0.25, 0.3) is 5.91 Å². The van der Waals surface area contributed by atoms with Gasteiger partial charge in [-0.25, -0.2) is 0 Å². The fourth-order valence-electron chi connectivity index (χ4n) is 3.86. The Labute approximate surface area is 147 Å². The first-order valence-corrected chi connectivity index (χ1v) is 8.84. The van der Waals surface area contributed by atoms with Crippen molar-refractivity contribution >= 4 is 23.4 Å². The van der Waals surface area contributed by atoms with Gasteiger partial charge >= 0.3 is 0 Å². The molecular formula is C18H24ClN3O2. The maximum Gasteiger partial charge on any atom is 0.250 e. The summed E-state index contributed by atoms with van der Waals surface area (Å²) in [6.45, 7) is 7.31. The van der Waals surface area contributed by atoms with Crippen molar-refractivity contribution in [1.29, 1.82) is 0 Å². The van der Waals surface area contributed by atoms with Crippen molar-refractivity contribution in [3.05, 3.63) is 34.9 Å². The van der Waals surface area contributed by atoms with Crippen LogP contribution in [0.15, 0.2) is 24.3 Å². The summed E-state index contributed by atoms with van der Waals surface area (Å²) in [6.07, 6.45) is 0.652. The van der Waals surface area contributed by atoms with Gasteiger partial charge in [-0.15, -0.1) is 0 Å². The lowest BCUT2D eigenvalue weighted by Gasteiger charge is -2.50. The number of amides is 2. The van der Waals surface area contributed by atoms with Gasteiger partial charge in [-0.2, -0.15) is 0 Å². The fraction of sp³-hybridized carbons (Fsp3) is 0.556. The van der Waals surface area contributed by atoms with Crippen molar-refractivity contribution in [1.82, 2.24) is 15.1 Å². The van der Waals surface area contributed by atoms with Crippen molar-refractivity contribution in [3.63, 3.8) is 0 Å². The minimum Gasteiger partial charge on any atom is -0.329 e. The number of hydrogen-bond donors (Lipinski definition) is 1. The zero-order chi connectivity index (χ0) is 17.5. The van der Waals surface area contributed by atoms with E-state index in [1.807, 2.05) is 45.0 Å². The largest absolute Gasteiger partial charge is 0.329 e. The van der Waals surface area contributed by atoms with Gasteiger partial charge in [0.15, 0.2) is 0 Å². The summed E-state index contributed by atoms with van der Waals surface area (Å²) in [6, 6.07) is 7.35. The molecule has 2 unspecified atom stereocenters. The van der Waals surface area contributed by atoms with Gasteiger partial charge in [-0.1, -0.05) is 23.7 Å². The molecule has 0 aliphatic carbocycles. The minimum absolute atomic E-state index is 0.00875. The molecule has 2 fully saturated rings.